The first-order valence-electron chi connectivity index (χ1n) is 8.67. The summed E-state index contributed by atoms with van der Waals surface area (Å²) in [6.45, 7) is 0. The number of benzene rings is 3. The summed E-state index contributed by atoms with van der Waals surface area (Å²) in [4.78, 5) is 13.1. The maximum absolute atomic E-state index is 13.1. The van der Waals surface area contributed by atoms with E-state index in [9.17, 15) is 4.79 Å². The summed E-state index contributed by atoms with van der Waals surface area (Å²) >= 11 is 6.08. The maximum atomic E-state index is 13.1. The van der Waals surface area contributed by atoms with Crippen LogP contribution in [0.3, 0.4) is 0 Å². The van der Waals surface area contributed by atoms with Gasteiger partial charge in [0.25, 0.3) is 5.91 Å². The average Bonchev–Trinajstić information content (AvgIpc) is 2.73. The molecule has 1 amide bonds. The molecule has 3 rings (SSSR count). The molecule has 0 bridgehead atoms. The Morgan fingerprint density at radius 2 is 1.64 bits per heavy atom. The Morgan fingerprint density at radius 3 is 2.29 bits per heavy atom. The van der Waals surface area contributed by atoms with Crippen molar-refractivity contribution >= 4 is 34.8 Å². The minimum Gasteiger partial charge on any atom is -0.497 e. The number of hydrogen-bond acceptors (Lipinski definition) is 3. The predicted octanol–water partition coefficient (Wildman–Crippen LogP) is 5.54. The molecule has 0 aliphatic carbocycles. The van der Waals surface area contributed by atoms with Crippen LogP contribution in [0, 0.1) is 0 Å². The Kier molecular flexibility index (Phi) is 6.35. The van der Waals surface area contributed by atoms with E-state index in [1.165, 1.54) is 0 Å². The first-order valence-corrected chi connectivity index (χ1v) is 9.04. The zero-order chi connectivity index (χ0) is 19.9. The Hall–Kier alpha value is -3.24. The van der Waals surface area contributed by atoms with Crippen molar-refractivity contribution in [3.05, 3.63) is 88.9 Å². The zero-order valence-corrected chi connectivity index (χ0v) is 16.4. The lowest BCUT2D eigenvalue weighted by molar-refractivity contribution is -0.111. The number of hydrogen-bond donors (Lipinski definition) is 1. The fourth-order valence-corrected chi connectivity index (χ4v) is 2.90. The van der Waals surface area contributed by atoms with E-state index < -0.39 is 0 Å². The first-order chi connectivity index (χ1) is 13.6. The number of carbonyl (C=O) groups excluding carboxylic acids is 1. The molecule has 0 atom stereocenters. The van der Waals surface area contributed by atoms with E-state index in [-0.39, 0.29) is 5.91 Å². The van der Waals surface area contributed by atoms with Gasteiger partial charge in [0.1, 0.15) is 11.5 Å². The van der Waals surface area contributed by atoms with Crippen molar-refractivity contribution in [1.82, 2.24) is 0 Å². The molecule has 5 heteroatoms. The molecule has 0 aromatic heterocycles. The second kappa shape index (κ2) is 9.11. The van der Waals surface area contributed by atoms with Crippen LogP contribution in [0.1, 0.15) is 11.1 Å². The second-order valence-electron chi connectivity index (χ2n) is 6.00. The Morgan fingerprint density at radius 1 is 0.929 bits per heavy atom. The van der Waals surface area contributed by atoms with Crippen LogP contribution >= 0.6 is 11.6 Å². The first kappa shape index (κ1) is 19.5. The highest BCUT2D eigenvalue weighted by Crippen LogP contribution is 2.29. The maximum Gasteiger partial charge on any atom is 0.256 e. The van der Waals surface area contributed by atoms with Crippen LogP contribution in [0.2, 0.25) is 5.02 Å². The van der Waals surface area contributed by atoms with Crippen molar-refractivity contribution in [3.8, 4) is 11.5 Å². The van der Waals surface area contributed by atoms with Crippen LogP contribution in [-0.4, -0.2) is 20.1 Å². The molecule has 0 saturated heterocycles. The van der Waals surface area contributed by atoms with E-state index >= 15 is 0 Å². The average molecular weight is 394 g/mol. The Labute approximate surface area is 169 Å². The van der Waals surface area contributed by atoms with Crippen molar-refractivity contribution in [1.29, 1.82) is 0 Å². The highest BCUT2D eigenvalue weighted by molar-refractivity contribution is 6.32. The molecule has 28 heavy (non-hydrogen) atoms. The van der Waals surface area contributed by atoms with Gasteiger partial charge in [0.15, 0.2) is 0 Å². The molecule has 0 radical (unpaired) electrons. The number of rotatable bonds is 6. The highest BCUT2D eigenvalue weighted by Gasteiger charge is 2.15. The summed E-state index contributed by atoms with van der Waals surface area (Å²) in [6.07, 6.45) is 1.83. The van der Waals surface area contributed by atoms with Gasteiger partial charge < -0.3 is 14.8 Å². The third-order valence-corrected chi connectivity index (χ3v) is 4.40. The van der Waals surface area contributed by atoms with Crippen LogP contribution in [-0.2, 0) is 4.79 Å². The number of ether oxygens (including phenoxy) is 2. The van der Waals surface area contributed by atoms with E-state index in [2.05, 4.69) is 5.32 Å². The lowest BCUT2D eigenvalue weighted by Crippen LogP contribution is -2.14. The number of amides is 1. The molecule has 3 aromatic rings. The van der Waals surface area contributed by atoms with Gasteiger partial charge in [0, 0.05) is 10.6 Å². The van der Waals surface area contributed by atoms with Crippen LogP contribution < -0.4 is 14.8 Å². The second-order valence-corrected chi connectivity index (χ2v) is 6.43. The molecule has 0 aliphatic heterocycles. The van der Waals surface area contributed by atoms with Crippen LogP contribution in [0.4, 0.5) is 5.69 Å². The standard InChI is InChI=1S/C23H20ClNO3/c1-27-19-11-8-16(9-12-19)14-20(17-6-4-3-5-7-17)23(26)25-21-15-18(24)10-13-22(21)28-2/h3-15H,1-2H3,(H,25,26)/b20-14-. The number of halogens is 1. The predicted molar refractivity (Wildman–Crippen MR) is 114 cm³/mol. The largest absolute Gasteiger partial charge is 0.497 e. The lowest BCUT2D eigenvalue weighted by atomic mass is 10.0. The van der Waals surface area contributed by atoms with Gasteiger partial charge in [-0.1, -0.05) is 54.1 Å². The summed E-state index contributed by atoms with van der Waals surface area (Å²) in [6, 6.07) is 22.1. The molecule has 142 valence electrons. The van der Waals surface area contributed by atoms with E-state index in [0.29, 0.717) is 22.0 Å². The topological polar surface area (TPSA) is 47.6 Å². The summed E-state index contributed by atoms with van der Waals surface area (Å²) in [7, 11) is 3.16. The molecule has 3 aromatic carbocycles. The molecule has 4 nitrogen and oxygen atoms in total. The summed E-state index contributed by atoms with van der Waals surface area (Å²) < 4.78 is 10.5. The summed E-state index contributed by atoms with van der Waals surface area (Å²) in [5.41, 5.74) is 2.72. The summed E-state index contributed by atoms with van der Waals surface area (Å²) in [5.74, 6) is 1.03. The normalized spacial score (nSPS) is 11.0. The van der Waals surface area contributed by atoms with Crippen molar-refractivity contribution in [2.24, 2.45) is 0 Å². The van der Waals surface area contributed by atoms with Gasteiger partial charge in [-0.25, -0.2) is 0 Å². The van der Waals surface area contributed by atoms with Gasteiger partial charge in [-0.05, 0) is 47.5 Å². The third kappa shape index (κ3) is 4.72. The Balaban J connectivity index is 1.98. The number of carbonyl (C=O) groups is 1. The van der Waals surface area contributed by atoms with Crippen LogP contribution in [0.15, 0.2) is 72.8 Å². The minimum absolute atomic E-state index is 0.261. The molecule has 0 saturated carbocycles. The zero-order valence-electron chi connectivity index (χ0n) is 15.6. The molecule has 1 N–H and O–H groups in total. The third-order valence-electron chi connectivity index (χ3n) is 4.17. The van der Waals surface area contributed by atoms with E-state index in [1.54, 1.807) is 32.4 Å². The quantitative estimate of drug-likeness (QED) is 0.442. The van der Waals surface area contributed by atoms with Crippen molar-refractivity contribution in [2.45, 2.75) is 0 Å². The monoisotopic (exact) mass is 393 g/mol. The van der Waals surface area contributed by atoms with E-state index in [4.69, 9.17) is 21.1 Å². The number of anilines is 1. The highest BCUT2D eigenvalue weighted by atomic mass is 35.5. The molecule has 0 aliphatic rings. The van der Waals surface area contributed by atoms with Gasteiger partial charge in [-0.2, -0.15) is 0 Å². The molecular formula is C23H20ClNO3. The number of methoxy groups -OCH3 is 2. The lowest BCUT2D eigenvalue weighted by Gasteiger charge is -2.13. The molecule has 0 fully saturated rings. The van der Waals surface area contributed by atoms with Crippen molar-refractivity contribution < 1.29 is 14.3 Å². The van der Waals surface area contributed by atoms with Gasteiger partial charge >= 0.3 is 0 Å². The fourth-order valence-electron chi connectivity index (χ4n) is 2.73. The fraction of sp³-hybridized carbons (Fsp3) is 0.0870. The number of nitrogens with one attached hydrogen (secondary N) is 1. The SMILES string of the molecule is COc1ccc(/C=C(\C(=O)Nc2cc(Cl)ccc2OC)c2ccccc2)cc1. The van der Waals surface area contributed by atoms with Gasteiger partial charge in [-0.15, -0.1) is 0 Å². The smallest absolute Gasteiger partial charge is 0.256 e. The minimum atomic E-state index is -0.261. The van der Waals surface area contributed by atoms with Gasteiger partial charge in [-0.3, -0.25) is 4.79 Å². The van der Waals surface area contributed by atoms with Crippen molar-refractivity contribution in [3.63, 3.8) is 0 Å². The van der Waals surface area contributed by atoms with Crippen molar-refractivity contribution in [2.75, 3.05) is 19.5 Å². The molecule has 0 spiro atoms. The van der Waals surface area contributed by atoms with Gasteiger partial charge in [0.05, 0.1) is 19.9 Å². The van der Waals surface area contributed by atoms with Crippen LogP contribution in [0.5, 0.6) is 11.5 Å². The molecular weight excluding hydrogens is 374 g/mol. The molecule has 0 heterocycles. The molecule has 0 unspecified atom stereocenters. The van der Waals surface area contributed by atoms with Gasteiger partial charge in [0.2, 0.25) is 0 Å². The van der Waals surface area contributed by atoms with Crippen LogP contribution in [0.25, 0.3) is 11.6 Å². The van der Waals surface area contributed by atoms with E-state index in [0.717, 1.165) is 16.9 Å². The Bertz CT molecular complexity index is 982. The summed E-state index contributed by atoms with van der Waals surface area (Å²) in [5, 5.41) is 3.41. The van der Waals surface area contributed by atoms with E-state index in [1.807, 2.05) is 60.7 Å².